The summed E-state index contributed by atoms with van der Waals surface area (Å²) >= 11 is 6.22. The Kier molecular flexibility index (Phi) is 6.91. The fourth-order valence-corrected chi connectivity index (χ4v) is 2.88. The number of alkyl halides is 2. The highest BCUT2D eigenvalue weighted by Gasteiger charge is 2.27. The molecule has 5 nitrogen and oxygen atoms in total. The predicted octanol–water partition coefficient (Wildman–Crippen LogP) is 4.82. The second-order valence-corrected chi connectivity index (χ2v) is 10.1. The number of amides is 1. The first kappa shape index (κ1) is 20.2. The van der Waals surface area contributed by atoms with Crippen LogP contribution in [-0.2, 0) is 9.53 Å². The molecule has 0 atom stereocenters. The topological polar surface area (TPSA) is 55.8 Å². The molecule has 0 N–H and O–H groups in total. The summed E-state index contributed by atoms with van der Waals surface area (Å²) in [6.07, 6.45) is 1.54. The molecule has 0 aliphatic carbocycles. The van der Waals surface area contributed by atoms with Gasteiger partial charge >= 0.3 is 12.1 Å². The van der Waals surface area contributed by atoms with Crippen molar-refractivity contribution in [1.29, 1.82) is 0 Å². The zero-order valence-electron chi connectivity index (χ0n) is 14.6. The van der Waals surface area contributed by atoms with Crippen molar-refractivity contribution in [3.8, 4) is 5.75 Å². The van der Waals surface area contributed by atoms with Gasteiger partial charge in [0, 0.05) is 13.1 Å². The number of carbonyl (C=O) groups is 2. The van der Waals surface area contributed by atoms with Crippen LogP contribution in [0.15, 0.2) is 24.3 Å². The largest absolute Gasteiger partial charge is 0.444 e. The van der Waals surface area contributed by atoms with Gasteiger partial charge in [0.15, 0.2) is 3.74 Å². The van der Waals surface area contributed by atoms with Gasteiger partial charge in [0.1, 0.15) is 11.4 Å². The number of halogens is 2. The van der Waals surface area contributed by atoms with Crippen molar-refractivity contribution in [2.24, 2.45) is 0 Å². The molecule has 7 heteroatoms. The predicted molar refractivity (Wildman–Crippen MR) is 104 cm³/mol. The van der Waals surface area contributed by atoms with E-state index in [1.54, 1.807) is 17.0 Å². The van der Waals surface area contributed by atoms with Crippen LogP contribution in [0, 0.1) is 0 Å². The van der Waals surface area contributed by atoms with Crippen LogP contribution in [0.1, 0.15) is 45.1 Å². The molecule has 0 aromatic heterocycles. The monoisotopic (exact) mass is 475 g/mol. The van der Waals surface area contributed by atoms with E-state index in [9.17, 15) is 9.59 Å². The number of hydrogen-bond acceptors (Lipinski definition) is 4. The van der Waals surface area contributed by atoms with Crippen LogP contribution in [0.3, 0.4) is 0 Å². The van der Waals surface area contributed by atoms with Crippen molar-refractivity contribution in [3.05, 3.63) is 29.8 Å². The fourth-order valence-electron chi connectivity index (χ4n) is 2.69. The molecule has 0 unspecified atom stereocenters. The van der Waals surface area contributed by atoms with Crippen LogP contribution < -0.4 is 4.74 Å². The van der Waals surface area contributed by atoms with Crippen LogP contribution in [0.4, 0.5) is 4.79 Å². The third kappa shape index (κ3) is 6.29. The molecule has 1 saturated heterocycles. The summed E-state index contributed by atoms with van der Waals surface area (Å²) in [7, 11) is 0. The SMILES string of the molecule is CC(C)(C)OC(=O)N1CCC(c2ccc(OC(=O)C(Br)Br)cc2)CC1. The van der Waals surface area contributed by atoms with Gasteiger partial charge in [0.25, 0.3) is 0 Å². The van der Waals surface area contributed by atoms with E-state index in [-0.39, 0.29) is 6.09 Å². The molecule has 0 radical (unpaired) electrons. The zero-order chi connectivity index (χ0) is 18.6. The normalized spacial score (nSPS) is 16.0. The van der Waals surface area contributed by atoms with Gasteiger partial charge in [-0.25, -0.2) is 9.59 Å². The minimum Gasteiger partial charge on any atom is -0.444 e. The van der Waals surface area contributed by atoms with E-state index >= 15 is 0 Å². The minimum atomic E-state index is -0.517. The van der Waals surface area contributed by atoms with Gasteiger partial charge in [-0.2, -0.15) is 0 Å². The molecule has 0 spiro atoms. The van der Waals surface area contributed by atoms with Crippen LogP contribution in [0.25, 0.3) is 0 Å². The molecule has 1 aromatic rings. The fraction of sp³-hybridized carbons (Fsp3) is 0.556. The van der Waals surface area contributed by atoms with Crippen LogP contribution >= 0.6 is 31.9 Å². The van der Waals surface area contributed by atoms with Gasteiger partial charge in [-0.05, 0) is 57.2 Å². The first-order valence-corrected chi connectivity index (χ1v) is 10.1. The van der Waals surface area contributed by atoms with E-state index in [0.717, 1.165) is 12.8 Å². The summed E-state index contributed by atoms with van der Waals surface area (Å²) in [4.78, 5) is 25.4. The van der Waals surface area contributed by atoms with Gasteiger partial charge in [0.2, 0.25) is 0 Å². The maximum Gasteiger partial charge on any atom is 0.410 e. The number of ether oxygens (including phenoxy) is 2. The van der Waals surface area contributed by atoms with Gasteiger partial charge in [0.05, 0.1) is 0 Å². The number of likely N-dealkylation sites (tertiary alicyclic amines) is 1. The van der Waals surface area contributed by atoms with E-state index in [1.807, 2.05) is 32.9 Å². The number of esters is 1. The maximum atomic E-state index is 12.1. The second kappa shape index (κ2) is 8.54. The molecule has 138 valence electrons. The van der Waals surface area contributed by atoms with Crippen LogP contribution in [0.5, 0.6) is 5.75 Å². The van der Waals surface area contributed by atoms with Gasteiger partial charge < -0.3 is 14.4 Å². The Morgan fingerprint density at radius 3 is 2.16 bits per heavy atom. The van der Waals surface area contributed by atoms with Crippen molar-refractivity contribution in [2.45, 2.75) is 48.9 Å². The Balaban J connectivity index is 1.88. The number of benzene rings is 1. The van der Waals surface area contributed by atoms with E-state index in [0.29, 0.717) is 24.8 Å². The highest BCUT2D eigenvalue weighted by atomic mass is 79.9. The van der Waals surface area contributed by atoms with Crippen LogP contribution in [0.2, 0.25) is 0 Å². The Hall–Kier alpha value is -1.08. The number of carbonyl (C=O) groups excluding carboxylic acids is 2. The lowest BCUT2D eigenvalue weighted by Crippen LogP contribution is -2.41. The van der Waals surface area contributed by atoms with E-state index in [1.165, 1.54) is 5.56 Å². The molecule has 1 heterocycles. The van der Waals surface area contributed by atoms with E-state index in [4.69, 9.17) is 9.47 Å². The smallest absolute Gasteiger partial charge is 0.410 e. The Bertz CT molecular complexity index is 602. The lowest BCUT2D eigenvalue weighted by Gasteiger charge is -2.33. The van der Waals surface area contributed by atoms with E-state index in [2.05, 4.69) is 31.9 Å². The molecule has 1 amide bonds. The quantitative estimate of drug-likeness (QED) is 0.356. The lowest BCUT2D eigenvalue weighted by atomic mass is 9.89. The lowest BCUT2D eigenvalue weighted by molar-refractivity contribution is -0.131. The number of rotatable bonds is 3. The molecule has 1 aromatic carbocycles. The summed E-state index contributed by atoms with van der Waals surface area (Å²) in [6, 6.07) is 7.56. The summed E-state index contributed by atoms with van der Waals surface area (Å²) in [5, 5.41) is 0. The number of hydrogen-bond donors (Lipinski definition) is 0. The standard InChI is InChI=1S/C18H23Br2NO4/c1-18(2,3)25-17(23)21-10-8-13(9-11-21)12-4-6-14(7-5-12)24-16(22)15(19)20/h4-7,13,15H,8-11H2,1-3H3. The molecule has 1 aliphatic rings. The number of nitrogens with zero attached hydrogens (tertiary/aromatic N) is 1. The third-order valence-electron chi connectivity index (χ3n) is 3.89. The van der Waals surface area contributed by atoms with Gasteiger partial charge in [-0.1, -0.05) is 44.0 Å². The Morgan fingerprint density at radius 1 is 1.12 bits per heavy atom. The summed E-state index contributed by atoms with van der Waals surface area (Å²) in [5.41, 5.74) is 0.725. The summed E-state index contributed by atoms with van der Waals surface area (Å²) in [5.74, 6) is 0.519. The highest BCUT2D eigenvalue weighted by molar-refractivity contribution is 9.25. The highest BCUT2D eigenvalue weighted by Crippen LogP contribution is 2.30. The first-order valence-electron chi connectivity index (χ1n) is 8.23. The van der Waals surface area contributed by atoms with Crippen molar-refractivity contribution in [1.82, 2.24) is 4.90 Å². The third-order valence-corrected chi connectivity index (χ3v) is 4.64. The molecular formula is C18H23Br2NO4. The Morgan fingerprint density at radius 2 is 1.68 bits per heavy atom. The first-order chi connectivity index (χ1) is 11.7. The molecular weight excluding hydrogens is 454 g/mol. The van der Waals surface area contributed by atoms with Crippen molar-refractivity contribution in [3.63, 3.8) is 0 Å². The van der Waals surface area contributed by atoms with Crippen LogP contribution in [-0.4, -0.2) is 39.4 Å². The minimum absolute atomic E-state index is 0.243. The molecule has 25 heavy (non-hydrogen) atoms. The zero-order valence-corrected chi connectivity index (χ0v) is 17.8. The van der Waals surface area contributed by atoms with Crippen molar-refractivity contribution >= 4 is 43.9 Å². The van der Waals surface area contributed by atoms with Crippen molar-refractivity contribution in [2.75, 3.05) is 13.1 Å². The maximum absolute atomic E-state index is 12.1. The number of piperidine rings is 1. The van der Waals surface area contributed by atoms with E-state index < -0.39 is 15.3 Å². The van der Waals surface area contributed by atoms with Crippen molar-refractivity contribution < 1.29 is 19.1 Å². The second-order valence-electron chi connectivity index (χ2n) is 7.03. The Labute approximate surface area is 165 Å². The molecule has 1 aliphatic heterocycles. The molecule has 0 saturated carbocycles. The molecule has 2 rings (SSSR count). The average molecular weight is 477 g/mol. The summed E-state index contributed by atoms with van der Waals surface area (Å²) < 4.78 is 10.1. The average Bonchev–Trinajstić information content (AvgIpc) is 2.54. The molecule has 1 fully saturated rings. The van der Waals surface area contributed by atoms with Gasteiger partial charge in [-0.15, -0.1) is 0 Å². The summed E-state index contributed by atoms with van der Waals surface area (Å²) in [6.45, 7) is 6.99. The van der Waals surface area contributed by atoms with Gasteiger partial charge in [-0.3, -0.25) is 0 Å². The molecule has 0 bridgehead atoms.